The average Bonchev–Trinajstić information content (AvgIpc) is 2.90. The van der Waals surface area contributed by atoms with E-state index in [9.17, 15) is 5.11 Å². The number of thiazole rings is 1. The summed E-state index contributed by atoms with van der Waals surface area (Å²) in [4.78, 5) is 7.90. The highest BCUT2D eigenvalue weighted by atomic mass is 32.1. The largest absolute Gasteiger partial charge is 0.390 e. The van der Waals surface area contributed by atoms with Crippen LogP contribution in [0.1, 0.15) is 25.5 Å². The molecule has 0 bridgehead atoms. The summed E-state index contributed by atoms with van der Waals surface area (Å²) in [5.74, 6) is 0.972. The summed E-state index contributed by atoms with van der Waals surface area (Å²) >= 11 is 1.61. The lowest BCUT2D eigenvalue weighted by atomic mass is 10.4. The molecule has 2 aromatic rings. The molecule has 0 aromatic carbocycles. The Labute approximate surface area is 98.1 Å². The van der Waals surface area contributed by atoms with E-state index in [-0.39, 0.29) is 6.61 Å². The van der Waals surface area contributed by atoms with Crippen LogP contribution in [0.5, 0.6) is 0 Å². The second kappa shape index (κ2) is 3.75. The van der Waals surface area contributed by atoms with E-state index in [1.165, 1.54) is 12.8 Å². The maximum Gasteiger partial charge on any atom is 0.195 e. The molecule has 0 atom stereocenters. The molecule has 1 aliphatic rings. The zero-order valence-electron chi connectivity index (χ0n) is 9.26. The number of imidazole rings is 1. The molecule has 1 N–H and O–H groups in total. The van der Waals surface area contributed by atoms with Gasteiger partial charge in [0.1, 0.15) is 0 Å². The van der Waals surface area contributed by atoms with Crippen LogP contribution in [0.2, 0.25) is 0 Å². The predicted octanol–water partition coefficient (Wildman–Crippen LogP) is 1.88. The molecule has 0 saturated heterocycles. The number of fused-ring (bicyclic) bond motifs is 1. The predicted molar refractivity (Wildman–Crippen MR) is 65.0 cm³/mol. The van der Waals surface area contributed by atoms with Gasteiger partial charge in [0.2, 0.25) is 0 Å². The van der Waals surface area contributed by atoms with Gasteiger partial charge in [-0.3, -0.25) is 4.40 Å². The van der Waals surface area contributed by atoms with Crippen LogP contribution >= 0.6 is 11.3 Å². The van der Waals surface area contributed by atoms with Gasteiger partial charge in [0.25, 0.3) is 0 Å². The Hall–Kier alpha value is -1.07. The molecule has 1 saturated carbocycles. The van der Waals surface area contributed by atoms with Crippen LogP contribution in [0, 0.1) is 0 Å². The van der Waals surface area contributed by atoms with Gasteiger partial charge >= 0.3 is 0 Å². The van der Waals surface area contributed by atoms with Crippen LogP contribution in [-0.4, -0.2) is 27.1 Å². The van der Waals surface area contributed by atoms with Crippen molar-refractivity contribution in [2.24, 2.45) is 0 Å². The number of aliphatic hydroxyl groups is 1. The number of hydrogen-bond donors (Lipinski definition) is 1. The zero-order valence-corrected chi connectivity index (χ0v) is 10.1. The highest BCUT2D eigenvalue weighted by Gasteiger charge is 2.31. The van der Waals surface area contributed by atoms with Gasteiger partial charge in [0.05, 0.1) is 12.3 Å². The number of anilines is 1. The fourth-order valence-corrected chi connectivity index (χ4v) is 2.89. The SMILES string of the molecule is CCN(c1nc2sccn2c1CO)C1CC1. The summed E-state index contributed by atoms with van der Waals surface area (Å²) in [5.41, 5.74) is 0.921. The van der Waals surface area contributed by atoms with Crippen molar-refractivity contribution >= 4 is 22.1 Å². The number of aromatic nitrogens is 2. The monoisotopic (exact) mass is 237 g/mol. The van der Waals surface area contributed by atoms with E-state index >= 15 is 0 Å². The first-order chi connectivity index (χ1) is 7.85. The van der Waals surface area contributed by atoms with E-state index in [2.05, 4.69) is 16.8 Å². The van der Waals surface area contributed by atoms with Gasteiger partial charge in [0.15, 0.2) is 10.8 Å². The quantitative estimate of drug-likeness (QED) is 0.882. The summed E-state index contributed by atoms with van der Waals surface area (Å²) in [6.45, 7) is 3.16. The topological polar surface area (TPSA) is 40.8 Å². The van der Waals surface area contributed by atoms with Crippen molar-refractivity contribution in [1.82, 2.24) is 9.38 Å². The number of nitrogens with zero attached hydrogens (tertiary/aromatic N) is 3. The molecule has 2 aromatic heterocycles. The van der Waals surface area contributed by atoms with Gasteiger partial charge in [-0.05, 0) is 19.8 Å². The molecule has 2 heterocycles. The van der Waals surface area contributed by atoms with Gasteiger partial charge in [-0.25, -0.2) is 4.98 Å². The lowest BCUT2D eigenvalue weighted by Crippen LogP contribution is -2.26. The number of rotatable bonds is 4. The summed E-state index contributed by atoms with van der Waals surface area (Å²) in [6, 6.07) is 0.639. The van der Waals surface area contributed by atoms with Crippen LogP contribution < -0.4 is 4.90 Å². The molecule has 3 rings (SSSR count). The number of hydrogen-bond acceptors (Lipinski definition) is 4. The third-order valence-corrected chi connectivity index (χ3v) is 3.85. The van der Waals surface area contributed by atoms with Gasteiger partial charge in [0, 0.05) is 24.2 Å². The molecule has 0 radical (unpaired) electrons. The standard InChI is InChI=1S/C11H15N3OS/c1-2-13(8-3-4-8)10-9(7-15)14-5-6-16-11(14)12-10/h5-6,8,15H,2-4,7H2,1H3. The maximum absolute atomic E-state index is 9.49. The third-order valence-electron chi connectivity index (χ3n) is 3.09. The Kier molecular flexibility index (Phi) is 2.37. The van der Waals surface area contributed by atoms with Gasteiger partial charge in [-0.2, -0.15) is 0 Å². The Morgan fingerprint density at radius 1 is 1.62 bits per heavy atom. The molecule has 4 nitrogen and oxygen atoms in total. The van der Waals surface area contributed by atoms with Crippen molar-refractivity contribution in [2.75, 3.05) is 11.4 Å². The second-order valence-corrected chi connectivity index (χ2v) is 4.99. The zero-order chi connectivity index (χ0) is 11.1. The van der Waals surface area contributed by atoms with Crippen LogP contribution in [0.4, 0.5) is 5.82 Å². The van der Waals surface area contributed by atoms with Crippen molar-refractivity contribution in [3.63, 3.8) is 0 Å². The molecular weight excluding hydrogens is 222 g/mol. The van der Waals surface area contributed by atoms with Gasteiger partial charge < -0.3 is 10.0 Å². The van der Waals surface area contributed by atoms with Crippen LogP contribution in [-0.2, 0) is 6.61 Å². The minimum atomic E-state index is 0.0520. The van der Waals surface area contributed by atoms with Crippen molar-refractivity contribution in [2.45, 2.75) is 32.4 Å². The Bertz CT molecular complexity index is 500. The summed E-state index contributed by atoms with van der Waals surface area (Å²) in [7, 11) is 0. The van der Waals surface area contributed by atoms with Crippen molar-refractivity contribution < 1.29 is 5.11 Å². The smallest absolute Gasteiger partial charge is 0.195 e. The fourth-order valence-electron chi connectivity index (χ4n) is 2.17. The molecule has 16 heavy (non-hydrogen) atoms. The molecule has 0 amide bonds. The van der Waals surface area contributed by atoms with E-state index in [0.717, 1.165) is 23.0 Å². The second-order valence-electron chi connectivity index (χ2n) is 4.11. The lowest BCUT2D eigenvalue weighted by molar-refractivity contribution is 0.276. The highest BCUT2D eigenvalue weighted by Crippen LogP contribution is 2.34. The fraction of sp³-hybridized carbons (Fsp3) is 0.545. The average molecular weight is 237 g/mol. The van der Waals surface area contributed by atoms with E-state index in [1.54, 1.807) is 11.3 Å². The maximum atomic E-state index is 9.49. The van der Waals surface area contributed by atoms with E-state index in [1.807, 2.05) is 16.0 Å². The van der Waals surface area contributed by atoms with Crippen molar-refractivity contribution in [3.8, 4) is 0 Å². The minimum Gasteiger partial charge on any atom is -0.390 e. The number of aliphatic hydroxyl groups excluding tert-OH is 1. The Morgan fingerprint density at radius 2 is 2.44 bits per heavy atom. The summed E-state index contributed by atoms with van der Waals surface area (Å²) < 4.78 is 1.99. The molecular formula is C11H15N3OS. The van der Waals surface area contributed by atoms with Crippen LogP contribution in [0.25, 0.3) is 4.96 Å². The first-order valence-corrected chi connectivity index (χ1v) is 6.55. The minimum absolute atomic E-state index is 0.0520. The normalized spacial score (nSPS) is 15.9. The van der Waals surface area contributed by atoms with Crippen LogP contribution in [0.3, 0.4) is 0 Å². The Morgan fingerprint density at radius 3 is 3.06 bits per heavy atom. The van der Waals surface area contributed by atoms with E-state index in [4.69, 9.17) is 0 Å². The third kappa shape index (κ3) is 1.43. The van der Waals surface area contributed by atoms with E-state index < -0.39 is 0 Å². The highest BCUT2D eigenvalue weighted by molar-refractivity contribution is 7.15. The molecule has 86 valence electrons. The van der Waals surface area contributed by atoms with Gasteiger partial charge in [-0.15, -0.1) is 11.3 Å². The molecule has 1 fully saturated rings. The molecule has 0 spiro atoms. The first kappa shape index (κ1) is 10.1. The lowest BCUT2D eigenvalue weighted by Gasteiger charge is -2.20. The van der Waals surface area contributed by atoms with Crippen LogP contribution in [0.15, 0.2) is 11.6 Å². The molecule has 0 aliphatic heterocycles. The van der Waals surface area contributed by atoms with Crippen molar-refractivity contribution in [3.05, 3.63) is 17.3 Å². The van der Waals surface area contributed by atoms with Crippen molar-refractivity contribution in [1.29, 1.82) is 0 Å². The van der Waals surface area contributed by atoms with Gasteiger partial charge in [-0.1, -0.05) is 0 Å². The molecule has 5 heteroatoms. The summed E-state index contributed by atoms with van der Waals surface area (Å²) in [6.07, 6.45) is 4.48. The molecule has 0 unspecified atom stereocenters. The summed E-state index contributed by atoms with van der Waals surface area (Å²) in [5, 5.41) is 11.5. The van der Waals surface area contributed by atoms with E-state index in [0.29, 0.717) is 6.04 Å². The Balaban J connectivity index is 2.09. The molecule has 1 aliphatic carbocycles. The first-order valence-electron chi connectivity index (χ1n) is 5.67.